The Morgan fingerprint density at radius 2 is 2.19 bits per heavy atom. The van der Waals surface area contributed by atoms with Crippen molar-refractivity contribution in [1.82, 2.24) is 5.16 Å². The molecule has 1 heterocycles. The molecule has 0 bridgehead atoms. The number of nitrogens with two attached hydrogens (primary N) is 1. The maximum atomic E-state index is 13.5. The summed E-state index contributed by atoms with van der Waals surface area (Å²) in [6.45, 7) is 0. The third kappa shape index (κ3) is 1.88. The number of methoxy groups -OCH3 is 1. The normalized spacial score (nSPS) is 10.4. The first-order valence-corrected chi connectivity index (χ1v) is 5.16. The minimum Gasteiger partial charge on any atom is -0.494 e. The quantitative estimate of drug-likeness (QED) is 0.922. The number of anilines is 1. The van der Waals surface area contributed by atoms with Crippen molar-refractivity contribution in [3.8, 4) is 17.1 Å². The Morgan fingerprint density at radius 1 is 1.44 bits per heavy atom. The molecule has 0 saturated heterocycles. The average Bonchev–Trinajstić information content (AvgIpc) is 2.69. The molecule has 0 aliphatic carbocycles. The van der Waals surface area contributed by atoms with E-state index in [1.807, 2.05) is 0 Å². The summed E-state index contributed by atoms with van der Waals surface area (Å²) < 4.78 is 23.6. The summed E-state index contributed by atoms with van der Waals surface area (Å²) in [6.07, 6.45) is 0. The van der Waals surface area contributed by atoms with Crippen LogP contribution in [0.4, 0.5) is 10.2 Å². The molecule has 6 heteroatoms. The number of aromatic nitrogens is 1. The second-order valence-corrected chi connectivity index (χ2v) is 3.94. The van der Waals surface area contributed by atoms with E-state index >= 15 is 0 Å². The molecule has 0 aliphatic rings. The molecular formula is C10H8BrFN2O2. The lowest BCUT2D eigenvalue weighted by Gasteiger charge is -2.05. The van der Waals surface area contributed by atoms with Crippen molar-refractivity contribution >= 4 is 21.7 Å². The molecule has 0 radical (unpaired) electrons. The van der Waals surface area contributed by atoms with E-state index in [-0.39, 0.29) is 16.0 Å². The molecule has 16 heavy (non-hydrogen) atoms. The minimum atomic E-state index is -0.460. The van der Waals surface area contributed by atoms with Gasteiger partial charge in [0.1, 0.15) is 0 Å². The van der Waals surface area contributed by atoms with E-state index in [9.17, 15) is 4.39 Å². The SMILES string of the molecule is COc1cc(-c2cc(N)no2)cc(Br)c1F. The summed E-state index contributed by atoms with van der Waals surface area (Å²) >= 11 is 3.09. The lowest BCUT2D eigenvalue weighted by atomic mass is 10.1. The van der Waals surface area contributed by atoms with Gasteiger partial charge in [-0.25, -0.2) is 4.39 Å². The van der Waals surface area contributed by atoms with Crippen LogP contribution in [0, 0.1) is 5.82 Å². The van der Waals surface area contributed by atoms with Crippen molar-refractivity contribution < 1.29 is 13.7 Å². The molecule has 2 N–H and O–H groups in total. The third-order valence-corrected chi connectivity index (χ3v) is 2.60. The van der Waals surface area contributed by atoms with Crippen LogP contribution in [0.2, 0.25) is 0 Å². The molecule has 0 atom stereocenters. The minimum absolute atomic E-state index is 0.124. The fraction of sp³-hybridized carbons (Fsp3) is 0.100. The van der Waals surface area contributed by atoms with Crippen LogP contribution < -0.4 is 10.5 Å². The van der Waals surface area contributed by atoms with E-state index in [1.54, 1.807) is 12.1 Å². The standard InChI is InChI=1S/C10H8BrFN2O2/c1-15-8-3-5(2-6(11)10(8)12)7-4-9(13)14-16-7/h2-4H,1H3,(H2,13,14). The van der Waals surface area contributed by atoms with Crippen LogP contribution in [0.25, 0.3) is 11.3 Å². The molecule has 0 unspecified atom stereocenters. The Morgan fingerprint density at radius 3 is 2.75 bits per heavy atom. The Bertz CT molecular complexity index is 528. The van der Waals surface area contributed by atoms with Crippen LogP contribution in [0.15, 0.2) is 27.2 Å². The molecule has 2 rings (SSSR count). The van der Waals surface area contributed by atoms with Gasteiger partial charge in [0.25, 0.3) is 0 Å². The molecule has 0 saturated carbocycles. The van der Waals surface area contributed by atoms with Crippen molar-refractivity contribution in [2.45, 2.75) is 0 Å². The van der Waals surface area contributed by atoms with E-state index in [2.05, 4.69) is 21.1 Å². The molecule has 1 aromatic carbocycles. The summed E-state index contributed by atoms with van der Waals surface area (Å²) in [5, 5.41) is 3.55. The number of nitrogens with zero attached hydrogens (tertiary/aromatic N) is 1. The number of ether oxygens (including phenoxy) is 1. The topological polar surface area (TPSA) is 61.3 Å². The number of benzene rings is 1. The van der Waals surface area contributed by atoms with Crippen molar-refractivity contribution in [2.75, 3.05) is 12.8 Å². The van der Waals surface area contributed by atoms with Gasteiger partial charge in [0.15, 0.2) is 23.1 Å². The summed E-state index contributed by atoms with van der Waals surface area (Å²) in [5.41, 5.74) is 6.07. The van der Waals surface area contributed by atoms with Gasteiger partial charge in [0.2, 0.25) is 0 Å². The fourth-order valence-electron chi connectivity index (χ4n) is 1.28. The van der Waals surface area contributed by atoms with Crippen molar-refractivity contribution in [2.24, 2.45) is 0 Å². The molecule has 84 valence electrons. The van der Waals surface area contributed by atoms with Gasteiger partial charge < -0.3 is 15.0 Å². The van der Waals surface area contributed by atoms with E-state index < -0.39 is 5.82 Å². The zero-order valence-corrected chi connectivity index (χ0v) is 9.92. The predicted molar refractivity (Wildman–Crippen MR) is 60.6 cm³/mol. The Kier molecular flexibility index (Phi) is 2.82. The molecule has 1 aromatic heterocycles. The van der Waals surface area contributed by atoms with Gasteiger partial charge in [0.05, 0.1) is 11.6 Å². The summed E-state index contributed by atoms with van der Waals surface area (Å²) in [7, 11) is 1.39. The molecule has 0 fully saturated rings. The Hall–Kier alpha value is -1.56. The van der Waals surface area contributed by atoms with Gasteiger partial charge in [0, 0.05) is 11.6 Å². The Balaban J connectivity index is 2.54. The van der Waals surface area contributed by atoms with Gasteiger partial charge in [-0.05, 0) is 28.1 Å². The highest BCUT2D eigenvalue weighted by atomic mass is 79.9. The number of hydrogen-bond donors (Lipinski definition) is 1. The van der Waals surface area contributed by atoms with Gasteiger partial charge in [-0.2, -0.15) is 0 Å². The van der Waals surface area contributed by atoms with E-state index in [0.717, 1.165) is 0 Å². The zero-order valence-electron chi connectivity index (χ0n) is 8.33. The smallest absolute Gasteiger partial charge is 0.179 e. The van der Waals surface area contributed by atoms with Crippen LogP contribution in [-0.4, -0.2) is 12.3 Å². The van der Waals surface area contributed by atoms with E-state index in [4.69, 9.17) is 15.0 Å². The van der Waals surface area contributed by atoms with Crippen molar-refractivity contribution in [1.29, 1.82) is 0 Å². The summed E-state index contributed by atoms with van der Waals surface area (Å²) in [5.74, 6) is 0.393. The first-order valence-electron chi connectivity index (χ1n) is 4.37. The van der Waals surface area contributed by atoms with Crippen LogP contribution in [0.5, 0.6) is 5.75 Å². The second kappa shape index (κ2) is 4.13. The maximum Gasteiger partial charge on any atom is 0.179 e. The highest BCUT2D eigenvalue weighted by Gasteiger charge is 2.13. The highest BCUT2D eigenvalue weighted by molar-refractivity contribution is 9.10. The molecule has 2 aromatic rings. The van der Waals surface area contributed by atoms with Crippen LogP contribution in [-0.2, 0) is 0 Å². The molecule has 4 nitrogen and oxygen atoms in total. The van der Waals surface area contributed by atoms with E-state index in [1.165, 1.54) is 13.2 Å². The third-order valence-electron chi connectivity index (χ3n) is 2.03. The molecule has 0 amide bonds. The number of hydrogen-bond acceptors (Lipinski definition) is 4. The van der Waals surface area contributed by atoms with Gasteiger partial charge >= 0.3 is 0 Å². The average molecular weight is 287 g/mol. The van der Waals surface area contributed by atoms with Gasteiger partial charge in [-0.15, -0.1) is 0 Å². The first kappa shape index (κ1) is 10.9. The van der Waals surface area contributed by atoms with Crippen molar-refractivity contribution in [3.63, 3.8) is 0 Å². The predicted octanol–water partition coefficient (Wildman–Crippen LogP) is 2.83. The maximum absolute atomic E-state index is 13.5. The molecule has 0 aliphatic heterocycles. The van der Waals surface area contributed by atoms with Gasteiger partial charge in [-0.1, -0.05) is 5.16 Å². The lowest BCUT2D eigenvalue weighted by Crippen LogP contribution is -1.90. The number of halogens is 2. The lowest BCUT2D eigenvalue weighted by molar-refractivity contribution is 0.385. The zero-order chi connectivity index (χ0) is 11.7. The highest BCUT2D eigenvalue weighted by Crippen LogP contribution is 2.32. The summed E-state index contributed by atoms with van der Waals surface area (Å²) in [6, 6.07) is 4.64. The summed E-state index contributed by atoms with van der Waals surface area (Å²) in [4.78, 5) is 0. The molecular weight excluding hydrogens is 279 g/mol. The fourth-order valence-corrected chi connectivity index (χ4v) is 1.72. The van der Waals surface area contributed by atoms with Crippen LogP contribution in [0.1, 0.15) is 0 Å². The van der Waals surface area contributed by atoms with Crippen LogP contribution >= 0.6 is 15.9 Å². The number of nitrogen functional groups attached to an aromatic ring is 1. The van der Waals surface area contributed by atoms with E-state index in [0.29, 0.717) is 11.3 Å². The van der Waals surface area contributed by atoms with Crippen LogP contribution in [0.3, 0.4) is 0 Å². The first-order chi connectivity index (χ1) is 7.61. The number of rotatable bonds is 2. The second-order valence-electron chi connectivity index (χ2n) is 3.09. The Labute approximate surface area is 99.3 Å². The molecule has 0 spiro atoms. The largest absolute Gasteiger partial charge is 0.494 e. The van der Waals surface area contributed by atoms with Gasteiger partial charge in [-0.3, -0.25) is 0 Å². The van der Waals surface area contributed by atoms with Crippen molar-refractivity contribution in [3.05, 3.63) is 28.5 Å². The monoisotopic (exact) mass is 286 g/mol.